The van der Waals surface area contributed by atoms with Gasteiger partial charge in [0, 0.05) is 12.5 Å². The molecule has 0 aliphatic carbocycles. The molecular formula is C9H17F2N. The summed E-state index contributed by atoms with van der Waals surface area (Å²) in [5.74, 6) is -0.359. The van der Waals surface area contributed by atoms with Gasteiger partial charge in [-0.25, -0.2) is 8.78 Å². The van der Waals surface area contributed by atoms with Gasteiger partial charge < -0.3 is 4.90 Å². The largest absolute Gasteiger partial charge is 0.303 e. The van der Waals surface area contributed by atoms with Crippen LogP contribution in [-0.2, 0) is 0 Å². The smallest absolute Gasteiger partial charge is 0.242 e. The van der Waals surface area contributed by atoms with E-state index in [9.17, 15) is 8.78 Å². The van der Waals surface area contributed by atoms with E-state index in [-0.39, 0.29) is 5.92 Å². The van der Waals surface area contributed by atoms with Crippen LogP contribution in [0.3, 0.4) is 0 Å². The van der Waals surface area contributed by atoms with Crippen LogP contribution in [0.5, 0.6) is 0 Å². The molecule has 0 spiro atoms. The monoisotopic (exact) mass is 177 g/mol. The van der Waals surface area contributed by atoms with Gasteiger partial charge >= 0.3 is 0 Å². The van der Waals surface area contributed by atoms with Crippen molar-refractivity contribution >= 4 is 0 Å². The first kappa shape index (κ1) is 9.90. The highest BCUT2D eigenvalue weighted by Gasteiger charge is 2.28. The van der Waals surface area contributed by atoms with Crippen molar-refractivity contribution < 1.29 is 8.78 Å². The number of likely N-dealkylation sites (tertiary alicyclic amines) is 1. The highest BCUT2D eigenvalue weighted by atomic mass is 19.3. The Hall–Kier alpha value is -0.180. The van der Waals surface area contributed by atoms with E-state index in [1.165, 1.54) is 0 Å². The molecule has 72 valence electrons. The first-order chi connectivity index (χ1) is 5.74. The maximum absolute atomic E-state index is 12.2. The van der Waals surface area contributed by atoms with Crippen LogP contribution in [-0.4, -0.2) is 31.0 Å². The predicted molar refractivity (Wildman–Crippen MR) is 45.5 cm³/mol. The van der Waals surface area contributed by atoms with Crippen molar-refractivity contribution in [3.05, 3.63) is 0 Å². The topological polar surface area (TPSA) is 3.24 Å². The fraction of sp³-hybridized carbons (Fsp3) is 1.00. The fourth-order valence-electron chi connectivity index (χ4n) is 1.65. The summed E-state index contributed by atoms with van der Waals surface area (Å²) in [7, 11) is 0. The molecule has 12 heavy (non-hydrogen) atoms. The van der Waals surface area contributed by atoms with Gasteiger partial charge in [-0.3, -0.25) is 0 Å². The lowest BCUT2D eigenvalue weighted by molar-refractivity contribution is 0.0807. The molecule has 1 nitrogen and oxygen atoms in total. The number of rotatable bonds is 4. The summed E-state index contributed by atoms with van der Waals surface area (Å²) in [4.78, 5) is 2.15. The summed E-state index contributed by atoms with van der Waals surface area (Å²) >= 11 is 0. The molecule has 0 aromatic carbocycles. The summed E-state index contributed by atoms with van der Waals surface area (Å²) in [5.41, 5.74) is 0. The van der Waals surface area contributed by atoms with Crippen LogP contribution in [0.15, 0.2) is 0 Å². The number of nitrogens with zero attached hydrogens (tertiary/aromatic N) is 1. The minimum absolute atomic E-state index is 0.359. The molecular weight excluding hydrogens is 160 g/mol. The van der Waals surface area contributed by atoms with Crippen LogP contribution in [0.2, 0.25) is 0 Å². The average molecular weight is 177 g/mol. The highest BCUT2D eigenvalue weighted by Crippen LogP contribution is 2.22. The van der Waals surface area contributed by atoms with Crippen molar-refractivity contribution in [2.45, 2.75) is 32.6 Å². The van der Waals surface area contributed by atoms with Gasteiger partial charge in [-0.05, 0) is 25.9 Å². The summed E-state index contributed by atoms with van der Waals surface area (Å²) in [6, 6.07) is 0. The van der Waals surface area contributed by atoms with E-state index < -0.39 is 6.43 Å². The van der Waals surface area contributed by atoms with Gasteiger partial charge in [-0.15, -0.1) is 0 Å². The van der Waals surface area contributed by atoms with Crippen LogP contribution in [0.4, 0.5) is 8.78 Å². The molecule has 1 rings (SSSR count). The molecule has 1 fully saturated rings. The van der Waals surface area contributed by atoms with Crippen molar-refractivity contribution in [2.75, 3.05) is 19.6 Å². The Morgan fingerprint density at radius 3 is 2.75 bits per heavy atom. The number of hydrogen-bond donors (Lipinski definition) is 0. The zero-order valence-corrected chi connectivity index (χ0v) is 7.60. The Morgan fingerprint density at radius 1 is 1.50 bits per heavy atom. The summed E-state index contributed by atoms with van der Waals surface area (Å²) < 4.78 is 24.4. The molecule has 1 saturated heterocycles. The number of hydrogen-bond acceptors (Lipinski definition) is 1. The molecule has 0 unspecified atom stereocenters. The highest BCUT2D eigenvalue weighted by molar-refractivity contribution is 4.76. The first-order valence-electron chi connectivity index (χ1n) is 4.74. The van der Waals surface area contributed by atoms with Crippen molar-refractivity contribution in [3.8, 4) is 0 Å². The molecule has 1 atom stereocenters. The number of alkyl halides is 2. The van der Waals surface area contributed by atoms with E-state index in [2.05, 4.69) is 11.8 Å². The van der Waals surface area contributed by atoms with Gasteiger partial charge in [-0.1, -0.05) is 13.3 Å². The predicted octanol–water partition coefficient (Wildman–Crippen LogP) is 2.37. The Labute approximate surface area is 72.7 Å². The summed E-state index contributed by atoms with van der Waals surface area (Å²) in [6.07, 6.45) is 0.851. The van der Waals surface area contributed by atoms with Crippen LogP contribution in [0, 0.1) is 5.92 Å². The van der Waals surface area contributed by atoms with Gasteiger partial charge in [0.2, 0.25) is 6.43 Å². The molecule has 0 amide bonds. The molecule has 1 aliphatic rings. The lowest BCUT2D eigenvalue weighted by Crippen LogP contribution is -2.23. The van der Waals surface area contributed by atoms with E-state index in [4.69, 9.17) is 0 Å². The van der Waals surface area contributed by atoms with Gasteiger partial charge in [-0.2, -0.15) is 0 Å². The number of halogens is 2. The Balaban J connectivity index is 2.17. The van der Waals surface area contributed by atoms with E-state index >= 15 is 0 Å². The molecule has 0 N–H and O–H groups in total. The third-order valence-electron chi connectivity index (χ3n) is 2.49. The van der Waals surface area contributed by atoms with Gasteiger partial charge in [0.05, 0.1) is 0 Å². The Bertz CT molecular complexity index is 128. The minimum Gasteiger partial charge on any atom is -0.303 e. The summed E-state index contributed by atoms with van der Waals surface area (Å²) in [5, 5.41) is 0. The Morgan fingerprint density at radius 2 is 2.25 bits per heavy atom. The second kappa shape index (κ2) is 4.75. The van der Waals surface area contributed by atoms with Crippen LogP contribution in [0.25, 0.3) is 0 Å². The molecule has 0 saturated carbocycles. The summed E-state index contributed by atoms with van der Waals surface area (Å²) in [6.45, 7) is 4.60. The van der Waals surface area contributed by atoms with Crippen LogP contribution >= 0.6 is 0 Å². The lowest BCUT2D eigenvalue weighted by atomic mass is 10.1. The van der Waals surface area contributed by atoms with E-state index in [1.54, 1.807) is 0 Å². The second-order valence-corrected chi connectivity index (χ2v) is 3.54. The quantitative estimate of drug-likeness (QED) is 0.637. The molecule has 1 aliphatic heterocycles. The minimum atomic E-state index is -2.11. The van der Waals surface area contributed by atoms with Crippen molar-refractivity contribution in [2.24, 2.45) is 5.92 Å². The van der Waals surface area contributed by atoms with E-state index in [0.717, 1.165) is 25.9 Å². The van der Waals surface area contributed by atoms with Crippen molar-refractivity contribution in [3.63, 3.8) is 0 Å². The average Bonchev–Trinajstić information content (AvgIpc) is 2.48. The van der Waals surface area contributed by atoms with E-state index in [1.807, 2.05) is 0 Å². The SMILES string of the molecule is CCCCN1CC[C@H](C(F)F)C1. The molecule has 1 heterocycles. The second-order valence-electron chi connectivity index (χ2n) is 3.54. The van der Waals surface area contributed by atoms with Crippen molar-refractivity contribution in [1.82, 2.24) is 4.90 Å². The Kier molecular flexibility index (Phi) is 3.92. The molecule has 0 aromatic heterocycles. The number of unbranched alkanes of at least 4 members (excludes halogenated alkanes) is 1. The third kappa shape index (κ3) is 2.70. The maximum Gasteiger partial charge on any atom is 0.242 e. The maximum atomic E-state index is 12.2. The van der Waals surface area contributed by atoms with Crippen molar-refractivity contribution in [1.29, 1.82) is 0 Å². The van der Waals surface area contributed by atoms with Crippen LogP contribution in [0.1, 0.15) is 26.2 Å². The van der Waals surface area contributed by atoms with Gasteiger partial charge in [0.1, 0.15) is 0 Å². The first-order valence-corrected chi connectivity index (χ1v) is 4.74. The van der Waals surface area contributed by atoms with Gasteiger partial charge in [0.25, 0.3) is 0 Å². The van der Waals surface area contributed by atoms with Crippen LogP contribution < -0.4 is 0 Å². The zero-order chi connectivity index (χ0) is 8.97. The van der Waals surface area contributed by atoms with E-state index in [0.29, 0.717) is 13.0 Å². The lowest BCUT2D eigenvalue weighted by Gasteiger charge is -2.14. The normalized spacial score (nSPS) is 25.5. The standard InChI is InChI=1S/C9H17F2N/c1-2-3-5-12-6-4-8(7-12)9(10)11/h8-9H,2-7H2,1H3/t8-/m0/s1. The third-order valence-corrected chi connectivity index (χ3v) is 2.49. The van der Waals surface area contributed by atoms with Gasteiger partial charge in [0.15, 0.2) is 0 Å². The molecule has 0 bridgehead atoms. The fourth-order valence-corrected chi connectivity index (χ4v) is 1.65. The molecule has 0 aromatic rings. The molecule has 0 radical (unpaired) electrons. The zero-order valence-electron chi connectivity index (χ0n) is 7.60. The molecule has 3 heteroatoms.